The summed E-state index contributed by atoms with van der Waals surface area (Å²) in [6, 6.07) is 9.68. The summed E-state index contributed by atoms with van der Waals surface area (Å²) in [5, 5.41) is 0. The van der Waals surface area contributed by atoms with Crippen LogP contribution in [0.5, 0.6) is 0 Å². The lowest BCUT2D eigenvalue weighted by Gasteiger charge is -2.32. The third kappa shape index (κ3) is 4.34. The fourth-order valence-electron chi connectivity index (χ4n) is 3.21. The van der Waals surface area contributed by atoms with Crippen LogP contribution < -0.4 is 0 Å². The highest BCUT2D eigenvalue weighted by atomic mass is 32.2. The van der Waals surface area contributed by atoms with Gasteiger partial charge in [-0.1, -0.05) is 51.5 Å². The lowest BCUT2D eigenvalue weighted by Crippen LogP contribution is -2.19. The second kappa shape index (κ2) is 7.47. The Labute approximate surface area is 143 Å². The fraction of sp³-hybridized carbons (Fsp3) is 0.476. The van der Waals surface area contributed by atoms with Crippen LogP contribution in [0.25, 0.3) is 0 Å². The summed E-state index contributed by atoms with van der Waals surface area (Å²) in [6.07, 6.45) is 5.73. The van der Waals surface area contributed by atoms with Gasteiger partial charge in [0.25, 0.3) is 0 Å². The molecule has 1 aromatic rings. The highest BCUT2D eigenvalue weighted by Crippen LogP contribution is 2.40. The molecule has 0 aromatic heterocycles. The second-order valence-corrected chi connectivity index (χ2v) is 8.77. The van der Waals surface area contributed by atoms with E-state index in [-0.39, 0.29) is 11.3 Å². The molecule has 1 nitrogen and oxygen atoms in total. The molecule has 1 aliphatic carbocycles. The van der Waals surface area contributed by atoms with Crippen molar-refractivity contribution in [2.45, 2.75) is 58.8 Å². The second-order valence-electron chi connectivity index (χ2n) is 7.32. The van der Waals surface area contributed by atoms with E-state index in [1.165, 1.54) is 24.0 Å². The van der Waals surface area contributed by atoms with Crippen molar-refractivity contribution in [3.05, 3.63) is 58.2 Å². The molecule has 0 radical (unpaired) electrons. The van der Waals surface area contributed by atoms with Gasteiger partial charge in [-0.05, 0) is 61.3 Å². The smallest absolute Gasteiger partial charge is 0.0889 e. The van der Waals surface area contributed by atoms with Crippen molar-refractivity contribution < 1.29 is 4.21 Å². The maximum absolute atomic E-state index is 12.9. The maximum atomic E-state index is 12.9. The highest BCUT2D eigenvalue weighted by molar-refractivity contribution is 7.89. The summed E-state index contributed by atoms with van der Waals surface area (Å²) in [5.74, 6) is 0.208. The monoisotopic (exact) mass is 328 g/mol. The average Bonchev–Trinajstić information content (AvgIpc) is 2.50. The van der Waals surface area contributed by atoms with Crippen molar-refractivity contribution in [1.82, 2.24) is 0 Å². The van der Waals surface area contributed by atoms with Crippen LogP contribution in [0.2, 0.25) is 0 Å². The fourth-order valence-corrected chi connectivity index (χ4v) is 4.46. The number of hydrogen-bond acceptors (Lipinski definition) is 1. The van der Waals surface area contributed by atoms with E-state index in [2.05, 4.69) is 46.4 Å². The van der Waals surface area contributed by atoms with Gasteiger partial charge in [-0.3, -0.25) is 0 Å². The molecule has 2 rings (SSSR count). The van der Waals surface area contributed by atoms with Gasteiger partial charge in [-0.25, -0.2) is 4.21 Å². The van der Waals surface area contributed by atoms with Crippen molar-refractivity contribution in [2.75, 3.05) is 0 Å². The zero-order valence-electron chi connectivity index (χ0n) is 15.0. The average molecular weight is 329 g/mol. The molecule has 0 saturated heterocycles. The molecule has 0 heterocycles. The van der Waals surface area contributed by atoms with Crippen molar-refractivity contribution in [2.24, 2.45) is 11.3 Å². The van der Waals surface area contributed by atoms with Gasteiger partial charge in [0, 0.05) is 4.90 Å². The molecular weight excluding hydrogens is 300 g/mol. The molecular formula is C21H28OS. The largest absolute Gasteiger partial charge is 0.249 e. The molecule has 0 spiro atoms. The summed E-state index contributed by atoms with van der Waals surface area (Å²) in [6.45, 7) is 11.0. The topological polar surface area (TPSA) is 17.1 Å². The molecule has 0 aliphatic heterocycles. The van der Waals surface area contributed by atoms with E-state index >= 15 is 0 Å². The molecule has 1 atom stereocenters. The van der Waals surface area contributed by atoms with Crippen molar-refractivity contribution >= 4 is 10.8 Å². The Balaban J connectivity index is 2.45. The first-order valence-corrected chi connectivity index (χ1v) is 9.61. The molecule has 124 valence electrons. The van der Waals surface area contributed by atoms with Crippen LogP contribution >= 0.6 is 0 Å². The number of benzene rings is 1. The number of hydrogen-bond donors (Lipinski definition) is 0. The first-order chi connectivity index (χ1) is 10.8. The van der Waals surface area contributed by atoms with E-state index in [0.717, 1.165) is 16.2 Å². The van der Waals surface area contributed by atoms with Crippen LogP contribution in [-0.4, -0.2) is 4.21 Å². The summed E-state index contributed by atoms with van der Waals surface area (Å²) >= 11 is 0. The van der Waals surface area contributed by atoms with Crippen molar-refractivity contribution in [3.63, 3.8) is 0 Å². The van der Waals surface area contributed by atoms with Gasteiger partial charge in [-0.2, -0.15) is 0 Å². The van der Waals surface area contributed by atoms with Gasteiger partial charge in [-0.15, -0.1) is 5.73 Å². The van der Waals surface area contributed by atoms with E-state index in [1.54, 1.807) is 0 Å². The molecule has 0 saturated carbocycles. The van der Waals surface area contributed by atoms with E-state index in [9.17, 15) is 4.21 Å². The van der Waals surface area contributed by atoms with Crippen molar-refractivity contribution in [3.8, 4) is 0 Å². The van der Waals surface area contributed by atoms with E-state index < -0.39 is 10.8 Å². The summed E-state index contributed by atoms with van der Waals surface area (Å²) < 4.78 is 12.9. The summed E-state index contributed by atoms with van der Waals surface area (Å²) in [7, 11) is -1.14. The van der Waals surface area contributed by atoms with E-state index in [4.69, 9.17) is 0 Å². The molecule has 1 unspecified atom stereocenters. The predicted molar refractivity (Wildman–Crippen MR) is 99.6 cm³/mol. The molecule has 1 aliphatic rings. The third-order valence-corrected chi connectivity index (χ3v) is 6.27. The van der Waals surface area contributed by atoms with E-state index in [0.29, 0.717) is 0 Å². The van der Waals surface area contributed by atoms with Crippen LogP contribution in [0.15, 0.2) is 63.1 Å². The van der Waals surface area contributed by atoms with Crippen LogP contribution in [0.3, 0.4) is 0 Å². The molecule has 1 aromatic carbocycles. The Kier molecular flexibility index (Phi) is 5.84. The molecule has 2 heteroatoms. The summed E-state index contributed by atoms with van der Waals surface area (Å²) in [4.78, 5) is 1.73. The Morgan fingerprint density at radius 3 is 2.48 bits per heavy atom. The zero-order valence-corrected chi connectivity index (χ0v) is 15.8. The van der Waals surface area contributed by atoms with Gasteiger partial charge in [0.1, 0.15) is 0 Å². The minimum atomic E-state index is -1.14. The lowest BCUT2D eigenvalue weighted by atomic mass is 9.73. The van der Waals surface area contributed by atoms with Crippen LogP contribution in [0, 0.1) is 11.3 Å². The first kappa shape index (κ1) is 18.0. The lowest BCUT2D eigenvalue weighted by molar-refractivity contribution is 0.377. The summed E-state index contributed by atoms with van der Waals surface area (Å²) in [5.41, 5.74) is 6.41. The normalized spacial score (nSPS) is 18.5. The van der Waals surface area contributed by atoms with Gasteiger partial charge >= 0.3 is 0 Å². The Hall–Kier alpha value is -1.37. The van der Waals surface area contributed by atoms with Gasteiger partial charge in [0.2, 0.25) is 0 Å². The molecule has 23 heavy (non-hydrogen) atoms. The van der Waals surface area contributed by atoms with Gasteiger partial charge in [0.15, 0.2) is 0 Å². The number of rotatable bonds is 4. The predicted octanol–water partition coefficient (Wildman–Crippen LogP) is 6.02. The van der Waals surface area contributed by atoms with Crippen molar-refractivity contribution in [1.29, 1.82) is 0 Å². The van der Waals surface area contributed by atoms with Gasteiger partial charge < -0.3 is 0 Å². The maximum Gasteiger partial charge on any atom is 0.0889 e. The quantitative estimate of drug-likeness (QED) is 0.618. The standard InChI is InChI=1S/C21H28OS/c1-16(2)20(23(22)18-11-7-6-8-12-18)14-13-19-17(3)10-9-15-21(19,4)5/h6-8,11-13,16H,9-10,15H2,1-5H3. The number of allylic oxidation sites excluding steroid dienone is 3. The molecule has 0 fully saturated rings. The van der Waals surface area contributed by atoms with Crippen LogP contribution in [-0.2, 0) is 10.8 Å². The highest BCUT2D eigenvalue weighted by Gasteiger charge is 2.26. The van der Waals surface area contributed by atoms with E-state index in [1.807, 2.05) is 30.3 Å². The molecule has 0 N–H and O–H groups in total. The van der Waals surface area contributed by atoms with Gasteiger partial charge in [0.05, 0.1) is 15.7 Å². The van der Waals surface area contributed by atoms with Crippen LogP contribution in [0.4, 0.5) is 0 Å². The first-order valence-electron chi connectivity index (χ1n) is 8.46. The molecule has 0 bridgehead atoms. The zero-order chi connectivity index (χ0) is 17.0. The third-order valence-electron chi connectivity index (χ3n) is 4.58. The Bertz CT molecular complexity index is 671. The van der Waals surface area contributed by atoms with Crippen LogP contribution in [0.1, 0.15) is 53.9 Å². The Morgan fingerprint density at radius 1 is 1.26 bits per heavy atom. The molecule has 0 amide bonds. The minimum Gasteiger partial charge on any atom is -0.249 e. The minimum absolute atomic E-state index is 0.186. The Morgan fingerprint density at radius 2 is 1.91 bits per heavy atom. The SMILES string of the molecule is CC1=C(C=C=C(C(C)C)S(=O)c2ccccc2)C(C)(C)CCC1.